The number of esters is 1. The Labute approximate surface area is 155 Å². The summed E-state index contributed by atoms with van der Waals surface area (Å²) in [4.78, 5) is 26.6. The third-order valence-corrected chi connectivity index (χ3v) is 4.20. The Balaban J connectivity index is 1.95. The van der Waals surface area contributed by atoms with Gasteiger partial charge in [0.2, 0.25) is 0 Å². The molecule has 0 heterocycles. The van der Waals surface area contributed by atoms with E-state index < -0.39 is 12.1 Å². The molecule has 0 aromatic heterocycles. The van der Waals surface area contributed by atoms with Crippen molar-refractivity contribution >= 4 is 23.3 Å². The Bertz CT molecular complexity index is 735. The normalized spacial score (nSPS) is 11.5. The van der Waals surface area contributed by atoms with Crippen LogP contribution < -0.4 is 10.2 Å². The van der Waals surface area contributed by atoms with Crippen molar-refractivity contribution in [2.45, 2.75) is 33.8 Å². The van der Waals surface area contributed by atoms with Crippen LogP contribution in [0.15, 0.2) is 48.5 Å². The molecular weight excluding hydrogens is 328 g/mol. The second kappa shape index (κ2) is 9.04. The topological polar surface area (TPSA) is 58.6 Å². The van der Waals surface area contributed by atoms with E-state index in [0.29, 0.717) is 11.3 Å². The fourth-order valence-electron chi connectivity index (χ4n) is 2.56. The number of ether oxygens (including phenoxy) is 1. The summed E-state index contributed by atoms with van der Waals surface area (Å²) in [6.07, 6.45) is -0.883. The molecule has 0 aliphatic rings. The molecule has 0 unspecified atom stereocenters. The Morgan fingerprint density at radius 2 is 1.58 bits per heavy atom. The lowest BCUT2D eigenvalue weighted by Gasteiger charge is -2.21. The van der Waals surface area contributed by atoms with Crippen LogP contribution in [-0.4, -0.2) is 31.1 Å². The van der Waals surface area contributed by atoms with E-state index >= 15 is 0 Å². The van der Waals surface area contributed by atoms with E-state index in [1.165, 1.54) is 0 Å². The maximum atomic E-state index is 12.3. The summed E-state index contributed by atoms with van der Waals surface area (Å²) in [7, 11) is 0. The molecule has 0 aliphatic heterocycles. The van der Waals surface area contributed by atoms with Gasteiger partial charge in [0.15, 0.2) is 6.10 Å². The predicted octanol–water partition coefficient (Wildman–Crippen LogP) is 4.03. The lowest BCUT2D eigenvalue weighted by molar-refractivity contribution is -0.123. The molecule has 2 aromatic rings. The molecule has 0 saturated heterocycles. The molecule has 2 rings (SSSR count). The van der Waals surface area contributed by atoms with Crippen LogP contribution in [0.25, 0.3) is 0 Å². The molecule has 0 spiro atoms. The summed E-state index contributed by atoms with van der Waals surface area (Å²) in [6, 6.07) is 14.7. The lowest BCUT2D eigenvalue weighted by Crippen LogP contribution is -2.30. The first-order chi connectivity index (χ1) is 12.4. The highest BCUT2D eigenvalue weighted by atomic mass is 16.5. The molecule has 2 aromatic carbocycles. The van der Waals surface area contributed by atoms with E-state index in [4.69, 9.17) is 4.74 Å². The summed E-state index contributed by atoms with van der Waals surface area (Å²) in [5, 5.41) is 2.74. The van der Waals surface area contributed by atoms with Crippen molar-refractivity contribution < 1.29 is 14.3 Å². The number of nitrogens with one attached hydrogen (secondary N) is 1. The molecule has 26 heavy (non-hydrogen) atoms. The van der Waals surface area contributed by atoms with E-state index in [9.17, 15) is 9.59 Å². The summed E-state index contributed by atoms with van der Waals surface area (Å²) in [6.45, 7) is 9.50. The van der Waals surface area contributed by atoms with Crippen molar-refractivity contribution in [1.82, 2.24) is 0 Å². The molecule has 5 heteroatoms. The van der Waals surface area contributed by atoms with E-state index in [1.807, 2.05) is 43.3 Å². The molecule has 5 nitrogen and oxygen atoms in total. The number of nitrogens with zero attached hydrogens (tertiary/aromatic N) is 1. The van der Waals surface area contributed by atoms with Gasteiger partial charge in [0.05, 0.1) is 5.56 Å². The van der Waals surface area contributed by atoms with E-state index in [0.717, 1.165) is 24.3 Å². The van der Waals surface area contributed by atoms with Crippen LogP contribution in [0.2, 0.25) is 0 Å². The highest BCUT2D eigenvalue weighted by Crippen LogP contribution is 2.16. The summed E-state index contributed by atoms with van der Waals surface area (Å²) >= 11 is 0. The summed E-state index contributed by atoms with van der Waals surface area (Å²) in [5.74, 6) is -0.871. The van der Waals surface area contributed by atoms with Gasteiger partial charge in [-0.1, -0.05) is 17.7 Å². The van der Waals surface area contributed by atoms with Gasteiger partial charge in [-0.25, -0.2) is 4.79 Å². The Hall–Kier alpha value is -2.82. The van der Waals surface area contributed by atoms with Gasteiger partial charge in [-0.2, -0.15) is 0 Å². The quantitative estimate of drug-likeness (QED) is 0.763. The molecule has 138 valence electrons. The zero-order chi connectivity index (χ0) is 19.1. The Kier molecular flexibility index (Phi) is 6.78. The van der Waals surface area contributed by atoms with Gasteiger partial charge >= 0.3 is 5.97 Å². The summed E-state index contributed by atoms with van der Waals surface area (Å²) < 4.78 is 5.28. The van der Waals surface area contributed by atoms with Crippen LogP contribution >= 0.6 is 0 Å². The minimum absolute atomic E-state index is 0.359. The zero-order valence-electron chi connectivity index (χ0n) is 15.8. The standard InChI is InChI=1S/C21H26N2O3/c1-5-23(6-2)19-13-9-17(10-14-19)21(25)26-16(4)20(24)22-18-11-7-15(3)8-12-18/h7-14,16H,5-6H2,1-4H3,(H,22,24)/t16-/m1/s1. The molecule has 0 radical (unpaired) electrons. The first kappa shape index (κ1) is 19.5. The maximum Gasteiger partial charge on any atom is 0.338 e. The molecule has 1 atom stereocenters. The molecule has 0 fully saturated rings. The lowest BCUT2D eigenvalue weighted by atomic mass is 10.2. The number of hydrogen-bond acceptors (Lipinski definition) is 4. The predicted molar refractivity (Wildman–Crippen MR) is 105 cm³/mol. The van der Waals surface area contributed by atoms with E-state index in [2.05, 4.69) is 24.1 Å². The second-order valence-corrected chi connectivity index (χ2v) is 6.12. The number of hydrogen-bond donors (Lipinski definition) is 1. The molecule has 0 bridgehead atoms. The number of benzene rings is 2. The van der Waals surface area contributed by atoms with Crippen molar-refractivity contribution in [2.75, 3.05) is 23.3 Å². The monoisotopic (exact) mass is 354 g/mol. The first-order valence-electron chi connectivity index (χ1n) is 8.88. The number of anilines is 2. The van der Waals surface area contributed by atoms with Gasteiger partial charge in [0, 0.05) is 24.5 Å². The number of carbonyl (C=O) groups is 2. The van der Waals surface area contributed by atoms with Gasteiger partial charge < -0.3 is 15.0 Å². The van der Waals surface area contributed by atoms with E-state index in [-0.39, 0.29) is 5.91 Å². The van der Waals surface area contributed by atoms with Crippen LogP contribution in [0, 0.1) is 6.92 Å². The van der Waals surface area contributed by atoms with Gasteiger partial charge in [0.1, 0.15) is 0 Å². The third kappa shape index (κ3) is 5.09. The largest absolute Gasteiger partial charge is 0.449 e. The van der Waals surface area contributed by atoms with Crippen LogP contribution in [0.4, 0.5) is 11.4 Å². The van der Waals surface area contributed by atoms with Crippen molar-refractivity contribution in [3.8, 4) is 0 Å². The minimum atomic E-state index is -0.883. The highest BCUT2D eigenvalue weighted by molar-refractivity contribution is 5.97. The first-order valence-corrected chi connectivity index (χ1v) is 8.88. The smallest absolute Gasteiger partial charge is 0.338 e. The van der Waals surface area contributed by atoms with E-state index in [1.54, 1.807) is 19.1 Å². The molecular formula is C21H26N2O3. The second-order valence-electron chi connectivity index (χ2n) is 6.12. The molecule has 0 saturated carbocycles. The highest BCUT2D eigenvalue weighted by Gasteiger charge is 2.19. The molecule has 1 N–H and O–H groups in total. The third-order valence-electron chi connectivity index (χ3n) is 4.20. The van der Waals surface area contributed by atoms with Crippen LogP contribution in [0.5, 0.6) is 0 Å². The van der Waals surface area contributed by atoms with Crippen LogP contribution in [0.1, 0.15) is 36.7 Å². The SMILES string of the molecule is CCN(CC)c1ccc(C(=O)O[C@H](C)C(=O)Nc2ccc(C)cc2)cc1. The van der Waals surface area contributed by atoms with Gasteiger partial charge in [-0.15, -0.1) is 0 Å². The fraction of sp³-hybridized carbons (Fsp3) is 0.333. The Morgan fingerprint density at radius 3 is 2.12 bits per heavy atom. The van der Waals surface area contributed by atoms with Crippen molar-refractivity contribution in [2.24, 2.45) is 0 Å². The van der Waals surface area contributed by atoms with Crippen LogP contribution in [-0.2, 0) is 9.53 Å². The number of aryl methyl sites for hydroxylation is 1. The average molecular weight is 354 g/mol. The maximum absolute atomic E-state index is 12.3. The van der Waals surface area contributed by atoms with Crippen LogP contribution in [0.3, 0.4) is 0 Å². The number of amides is 1. The van der Waals surface area contributed by atoms with Gasteiger partial charge in [-0.3, -0.25) is 4.79 Å². The van der Waals surface area contributed by atoms with Crippen molar-refractivity contribution in [1.29, 1.82) is 0 Å². The van der Waals surface area contributed by atoms with Crippen molar-refractivity contribution in [3.05, 3.63) is 59.7 Å². The zero-order valence-corrected chi connectivity index (χ0v) is 15.8. The number of carbonyl (C=O) groups excluding carboxylic acids is 2. The minimum Gasteiger partial charge on any atom is -0.449 e. The van der Waals surface area contributed by atoms with Crippen molar-refractivity contribution in [3.63, 3.8) is 0 Å². The Morgan fingerprint density at radius 1 is 1.00 bits per heavy atom. The number of rotatable bonds is 7. The molecule has 1 amide bonds. The van der Waals surface area contributed by atoms with Gasteiger partial charge in [0.25, 0.3) is 5.91 Å². The van der Waals surface area contributed by atoms with Gasteiger partial charge in [-0.05, 0) is 64.1 Å². The molecule has 0 aliphatic carbocycles. The summed E-state index contributed by atoms with van der Waals surface area (Å²) in [5.41, 5.74) is 3.26. The fourth-order valence-corrected chi connectivity index (χ4v) is 2.56. The average Bonchev–Trinajstić information content (AvgIpc) is 2.65.